The van der Waals surface area contributed by atoms with E-state index in [4.69, 9.17) is 14.7 Å². The van der Waals surface area contributed by atoms with Gasteiger partial charge in [-0.05, 0) is 66.9 Å². The summed E-state index contributed by atoms with van der Waals surface area (Å²) in [6.07, 6.45) is 2.93. The van der Waals surface area contributed by atoms with Crippen LogP contribution in [-0.2, 0) is 6.42 Å². The fourth-order valence-electron chi connectivity index (χ4n) is 5.05. The van der Waals surface area contributed by atoms with Crippen LogP contribution in [0.2, 0.25) is 0 Å². The molecule has 8 heteroatoms. The van der Waals surface area contributed by atoms with Crippen LogP contribution in [0.25, 0.3) is 0 Å². The lowest BCUT2D eigenvalue weighted by molar-refractivity contribution is 0.217. The van der Waals surface area contributed by atoms with E-state index < -0.39 is 0 Å². The van der Waals surface area contributed by atoms with Crippen LogP contribution in [0.15, 0.2) is 81.2 Å². The van der Waals surface area contributed by atoms with E-state index in [-0.39, 0.29) is 17.7 Å². The maximum absolute atomic E-state index is 5.69. The van der Waals surface area contributed by atoms with Gasteiger partial charge in [-0.3, -0.25) is 15.3 Å². The Morgan fingerprint density at radius 2 is 1.84 bits per heavy atom. The third kappa shape index (κ3) is 5.28. The summed E-state index contributed by atoms with van der Waals surface area (Å²) in [7, 11) is 3.80. The van der Waals surface area contributed by atoms with Gasteiger partial charge in [-0.2, -0.15) is 5.01 Å². The number of aliphatic imine (C=N–C) groups is 2. The van der Waals surface area contributed by atoms with E-state index in [9.17, 15) is 0 Å². The summed E-state index contributed by atoms with van der Waals surface area (Å²) in [6, 6.07) is 23.0. The highest BCUT2D eigenvalue weighted by Crippen LogP contribution is 2.37. The van der Waals surface area contributed by atoms with Crippen molar-refractivity contribution in [3.05, 3.63) is 87.9 Å². The van der Waals surface area contributed by atoms with Gasteiger partial charge < -0.3 is 10.2 Å². The summed E-state index contributed by atoms with van der Waals surface area (Å²) >= 11 is 3.72. The van der Waals surface area contributed by atoms with Crippen LogP contribution in [-0.4, -0.2) is 48.5 Å². The molecule has 2 aliphatic rings. The van der Waals surface area contributed by atoms with Crippen molar-refractivity contribution in [2.45, 2.75) is 45.3 Å². The molecule has 1 fully saturated rings. The van der Waals surface area contributed by atoms with E-state index in [2.05, 4.69) is 88.6 Å². The second-order valence-electron chi connectivity index (χ2n) is 9.21. The number of nitrogens with one attached hydrogen (secondary N) is 1. The Morgan fingerprint density at radius 3 is 2.54 bits per heavy atom. The first kappa shape index (κ1) is 26.9. The van der Waals surface area contributed by atoms with Gasteiger partial charge in [0.1, 0.15) is 11.9 Å². The number of fused-ring (bicyclic) bond motifs is 3. The number of aryl methyl sites for hydroxylation is 1. The first-order valence-electron chi connectivity index (χ1n) is 12.5. The van der Waals surface area contributed by atoms with Crippen molar-refractivity contribution in [1.82, 2.24) is 10.4 Å². The molecule has 0 aliphatic carbocycles. The Bertz CT molecular complexity index is 1310. The van der Waals surface area contributed by atoms with Crippen LogP contribution in [0.5, 0.6) is 5.75 Å². The van der Waals surface area contributed by atoms with Crippen LogP contribution in [0.1, 0.15) is 43.4 Å². The monoisotopic (exact) mass is 563 g/mol. The minimum absolute atomic E-state index is 0. The highest BCUT2D eigenvalue weighted by atomic mass is 79.9. The van der Waals surface area contributed by atoms with Crippen LogP contribution < -0.4 is 15.1 Å². The van der Waals surface area contributed by atoms with Gasteiger partial charge in [0.05, 0.1) is 30.2 Å². The number of likely N-dealkylation sites (N-methyl/N-ethyl adjacent to an activating group) is 1. The molecule has 2 unspecified atom stereocenters. The smallest absolute Gasteiger partial charge is 0.220 e. The van der Waals surface area contributed by atoms with Gasteiger partial charge in [-0.1, -0.05) is 54.4 Å². The molecule has 2 atom stereocenters. The fraction of sp³-hybridized carbons (Fsp3) is 0.310. The summed E-state index contributed by atoms with van der Waals surface area (Å²) in [5.74, 6) is 1.65. The number of hydrogen-bond acceptors (Lipinski definition) is 4. The molecular formula is C29H34BrN5O2. The molecule has 7 nitrogen and oxygen atoms in total. The quantitative estimate of drug-likeness (QED) is 0.430. The molecule has 0 amide bonds. The second kappa shape index (κ2) is 11.5. The third-order valence-electron chi connectivity index (χ3n) is 6.70. The maximum atomic E-state index is 5.69. The Labute approximate surface area is 227 Å². The number of benzene rings is 3. The number of hydrazine groups is 1. The number of hydrogen-bond donors (Lipinski definition) is 1. The number of anilines is 1. The fourth-order valence-corrected chi connectivity index (χ4v) is 5.40. The lowest BCUT2D eigenvalue weighted by Crippen LogP contribution is -2.46. The van der Waals surface area contributed by atoms with Crippen molar-refractivity contribution in [2.75, 3.05) is 19.1 Å². The van der Waals surface area contributed by atoms with Crippen molar-refractivity contribution in [2.24, 2.45) is 9.98 Å². The second-order valence-corrected chi connectivity index (χ2v) is 10.1. The number of halogens is 1. The molecule has 0 bridgehead atoms. The van der Waals surface area contributed by atoms with Crippen LogP contribution in [0.3, 0.4) is 0 Å². The number of nitrogens with zero attached hydrogens (tertiary/aromatic N) is 4. The van der Waals surface area contributed by atoms with Crippen molar-refractivity contribution >= 4 is 39.0 Å². The van der Waals surface area contributed by atoms with E-state index in [1.807, 2.05) is 30.3 Å². The molecule has 3 N–H and O–H groups in total. The van der Waals surface area contributed by atoms with Gasteiger partial charge in [-0.25, -0.2) is 4.99 Å². The van der Waals surface area contributed by atoms with E-state index in [1.54, 1.807) is 7.11 Å². The van der Waals surface area contributed by atoms with Crippen molar-refractivity contribution in [3.63, 3.8) is 0 Å². The van der Waals surface area contributed by atoms with E-state index in [0.717, 1.165) is 63.7 Å². The van der Waals surface area contributed by atoms with Gasteiger partial charge in [0.15, 0.2) is 0 Å². The molecule has 194 valence electrons. The summed E-state index contributed by atoms with van der Waals surface area (Å²) in [4.78, 5) is 12.7. The SMILES string of the molecule is CCCc1cc(OC)cc(C2=NC(CC)C3N(C)NC(=Nc4ccccc4)N3c3cc(Br)ccc32)c1.O. The number of ether oxygens (including phenoxy) is 1. The molecule has 2 aliphatic heterocycles. The van der Waals surface area contributed by atoms with Gasteiger partial charge in [0.25, 0.3) is 0 Å². The third-order valence-corrected chi connectivity index (χ3v) is 7.20. The summed E-state index contributed by atoms with van der Waals surface area (Å²) in [5.41, 5.74) is 9.88. The molecule has 3 aromatic carbocycles. The van der Waals surface area contributed by atoms with Gasteiger partial charge in [0, 0.05) is 22.6 Å². The Morgan fingerprint density at radius 1 is 1.05 bits per heavy atom. The van der Waals surface area contributed by atoms with Crippen LogP contribution in [0, 0.1) is 0 Å². The van der Waals surface area contributed by atoms with Crippen LogP contribution >= 0.6 is 15.9 Å². The molecule has 5 rings (SSSR count). The molecule has 2 heterocycles. The predicted octanol–water partition coefficient (Wildman–Crippen LogP) is 5.49. The molecule has 0 saturated carbocycles. The van der Waals surface area contributed by atoms with E-state index >= 15 is 0 Å². The Hall–Kier alpha value is -3.20. The number of methoxy groups -OCH3 is 1. The number of guanidine groups is 1. The molecule has 3 aromatic rings. The summed E-state index contributed by atoms with van der Waals surface area (Å²) in [5, 5.41) is 2.13. The van der Waals surface area contributed by atoms with Crippen molar-refractivity contribution in [3.8, 4) is 5.75 Å². The Kier molecular flexibility index (Phi) is 8.32. The molecule has 0 aromatic heterocycles. The maximum Gasteiger partial charge on any atom is 0.220 e. The van der Waals surface area contributed by atoms with Gasteiger partial charge in [-0.15, -0.1) is 0 Å². The summed E-state index contributed by atoms with van der Waals surface area (Å²) in [6.45, 7) is 4.40. The van der Waals surface area contributed by atoms with Crippen molar-refractivity contribution < 1.29 is 10.2 Å². The zero-order valence-corrected chi connectivity index (χ0v) is 23.3. The predicted molar refractivity (Wildman–Crippen MR) is 155 cm³/mol. The minimum Gasteiger partial charge on any atom is -0.497 e. The highest BCUT2D eigenvalue weighted by molar-refractivity contribution is 9.10. The van der Waals surface area contributed by atoms with Gasteiger partial charge in [0.2, 0.25) is 5.96 Å². The summed E-state index contributed by atoms with van der Waals surface area (Å²) < 4.78 is 6.70. The molecule has 0 spiro atoms. The zero-order valence-electron chi connectivity index (χ0n) is 21.7. The zero-order chi connectivity index (χ0) is 25.2. The largest absolute Gasteiger partial charge is 0.497 e. The molecule has 37 heavy (non-hydrogen) atoms. The first-order valence-corrected chi connectivity index (χ1v) is 13.3. The van der Waals surface area contributed by atoms with Crippen LogP contribution in [0.4, 0.5) is 11.4 Å². The molecule has 0 radical (unpaired) electrons. The standard InChI is InChI=1S/C29H32BrN5O.H2O/c1-5-10-19-15-20(17-23(16-19)36-4)27-24-14-13-21(30)18-26(24)35-28(25(6-2)32-27)34(3)33-29(35)31-22-11-8-7-9-12-22;/h7-9,11-18,25,28H,5-6,10H2,1-4H3,(H,31,33);1H2. The number of para-hydroxylation sites is 1. The average molecular weight is 565 g/mol. The first-order chi connectivity index (χ1) is 17.5. The lowest BCUT2D eigenvalue weighted by Gasteiger charge is -2.30. The van der Waals surface area contributed by atoms with E-state index in [0.29, 0.717) is 0 Å². The average Bonchev–Trinajstić information content (AvgIpc) is 3.12. The normalized spacial score (nSPS) is 19.9. The lowest BCUT2D eigenvalue weighted by atomic mass is 9.97. The minimum atomic E-state index is -0.0243. The topological polar surface area (TPSA) is 84.0 Å². The molecule has 1 saturated heterocycles. The van der Waals surface area contributed by atoms with E-state index in [1.165, 1.54) is 5.56 Å². The molecular weight excluding hydrogens is 530 g/mol. The highest BCUT2D eigenvalue weighted by Gasteiger charge is 2.43. The van der Waals surface area contributed by atoms with Crippen molar-refractivity contribution in [1.29, 1.82) is 0 Å². The Balaban J connectivity index is 0.00000320. The number of rotatable bonds is 6. The van der Waals surface area contributed by atoms with Gasteiger partial charge >= 0.3 is 0 Å².